The van der Waals surface area contributed by atoms with Gasteiger partial charge in [-0.15, -0.1) is 0 Å². The average molecular weight is 443 g/mol. The Morgan fingerprint density at radius 3 is 2.69 bits per heavy atom. The molecule has 8 heteroatoms. The first-order chi connectivity index (χ1) is 15.5. The van der Waals surface area contributed by atoms with E-state index in [0.717, 1.165) is 50.6 Å². The molecule has 1 aliphatic heterocycles. The van der Waals surface area contributed by atoms with E-state index in [2.05, 4.69) is 10.3 Å². The fourth-order valence-electron chi connectivity index (χ4n) is 7.16. The van der Waals surface area contributed by atoms with Crippen LogP contribution in [0.15, 0.2) is 6.20 Å². The van der Waals surface area contributed by atoms with E-state index in [1.165, 1.54) is 6.42 Å². The van der Waals surface area contributed by atoms with Crippen LogP contribution in [0.3, 0.4) is 0 Å². The number of morpholine rings is 1. The number of nitrogens with zero attached hydrogens (tertiary/aromatic N) is 3. The standard InChI is InChI=1S/C24H34N4O4/c29-13-18-12-28(4-5-32-18)23-25-11-19(21(27-23)15-2-1-3-15)22(30)26-20-16-6-14-7-17(20)10-24(31,8-14)9-16/h11,14-18,20,29,31H,1-10,12-13H2,(H,26,30)/t14?,16?,17?,18?,20-,24+. The van der Waals surface area contributed by atoms with Crippen LogP contribution < -0.4 is 10.2 Å². The molecule has 0 radical (unpaired) electrons. The van der Waals surface area contributed by atoms with Crippen molar-refractivity contribution in [2.24, 2.45) is 17.8 Å². The van der Waals surface area contributed by atoms with Crippen LogP contribution in [0, 0.1) is 17.8 Å². The summed E-state index contributed by atoms with van der Waals surface area (Å²) in [5.41, 5.74) is 0.982. The molecule has 8 nitrogen and oxygen atoms in total. The second-order valence-corrected chi connectivity index (χ2v) is 10.9. The van der Waals surface area contributed by atoms with Gasteiger partial charge in [0.05, 0.1) is 36.2 Å². The Kier molecular flexibility index (Phi) is 5.15. The molecular formula is C24H34N4O4. The maximum Gasteiger partial charge on any atom is 0.254 e. The van der Waals surface area contributed by atoms with Gasteiger partial charge in [-0.05, 0) is 62.7 Å². The van der Waals surface area contributed by atoms with Crippen molar-refractivity contribution in [3.8, 4) is 0 Å². The summed E-state index contributed by atoms with van der Waals surface area (Å²) in [6.45, 7) is 1.75. The molecule has 5 aliphatic carbocycles. The number of anilines is 1. The molecule has 6 aliphatic rings. The zero-order valence-electron chi connectivity index (χ0n) is 18.6. The Morgan fingerprint density at radius 1 is 1.25 bits per heavy atom. The smallest absolute Gasteiger partial charge is 0.254 e. The number of aliphatic hydroxyl groups excluding tert-OH is 1. The zero-order chi connectivity index (χ0) is 21.9. The molecule has 0 spiro atoms. The van der Waals surface area contributed by atoms with Crippen LogP contribution >= 0.6 is 0 Å². The van der Waals surface area contributed by atoms with Crippen LogP contribution in [0.5, 0.6) is 0 Å². The van der Waals surface area contributed by atoms with Gasteiger partial charge in [0, 0.05) is 31.2 Å². The van der Waals surface area contributed by atoms with Crippen molar-refractivity contribution in [1.29, 1.82) is 0 Å². The van der Waals surface area contributed by atoms with E-state index in [1.807, 2.05) is 4.90 Å². The lowest BCUT2D eigenvalue weighted by Gasteiger charge is -2.58. The molecule has 1 aromatic rings. The first-order valence-corrected chi connectivity index (χ1v) is 12.4. The number of amides is 1. The summed E-state index contributed by atoms with van der Waals surface area (Å²) in [6, 6.07) is 0.151. The predicted octanol–water partition coefficient (Wildman–Crippen LogP) is 1.61. The summed E-state index contributed by atoms with van der Waals surface area (Å²) in [5, 5.41) is 23.7. The minimum Gasteiger partial charge on any atom is -0.394 e. The van der Waals surface area contributed by atoms with E-state index < -0.39 is 5.60 Å². The Morgan fingerprint density at radius 2 is 2.03 bits per heavy atom. The number of ether oxygens (including phenoxy) is 1. The van der Waals surface area contributed by atoms with E-state index in [4.69, 9.17) is 9.72 Å². The van der Waals surface area contributed by atoms with Crippen LogP contribution in [0.1, 0.15) is 73.3 Å². The lowest BCUT2D eigenvalue weighted by atomic mass is 9.52. The van der Waals surface area contributed by atoms with Crippen molar-refractivity contribution in [2.75, 3.05) is 31.2 Å². The third-order valence-corrected chi connectivity index (χ3v) is 8.71. The normalized spacial score (nSPS) is 38.6. The quantitative estimate of drug-likeness (QED) is 0.636. The molecule has 0 aromatic carbocycles. The molecule has 5 saturated carbocycles. The molecular weight excluding hydrogens is 408 g/mol. The molecule has 1 aromatic heterocycles. The molecule has 1 saturated heterocycles. The molecule has 3 atom stereocenters. The number of aliphatic hydroxyl groups is 2. The number of rotatable bonds is 5. The van der Waals surface area contributed by atoms with Gasteiger partial charge >= 0.3 is 0 Å². The molecule has 3 unspecified atom stereocenters. The molecule has 6 fully saturated rings. The largest absolute Gasteiger partial charge is 0.394 e. The lowest BCUT2D eigenvalue weighted by Crippen LogP contribution is -2.61. The molecule has 7 rings (SSSR count). The highest BCUT2D eigenvalue weighted by molar-refractivity contribution is 5.95. The maximum absolute atomic E-state index is 13.4. The monoisotopic (exact) mass is 442 g/mol. The van der Waals surface area contributed by atoms with Gasteiger partial charge in [0.2, 0.25) is 5.95 Å². The number of carbonyl (C=O) groups excluding carboxylic acids is 1. The minimum absolute atomic E-state index is 0.0217. The van der Waals surface area contributed by atoms with Crippen LogP contribution in [0.25, 0.3) is 0 Å². The van der Waals surface area contributed by atoms with Gasteiger partial charge < -0.3 is 25.2 Å². The van der Waals surface area contributed by atoms with Gasteiger partial charge in [0.15, 0.2) is 0 Å². The predicted molar refractivity (Wildman–Crippen MR) is 117 cm³/mol. The highest BCUT2D eigenvalue weighted by atomic mass is 16.5. The van der Waals surface area contributed by atoms with Crippen molar-refractivity contribution in [2.45, 2.75) is 75.0 Å². The van der Waals surface area contributed by atoms with Gasteiger partial charge in [0.25, 0.3) is 5.91 Å². The summed E-state index contributed by atoms with van der Waals surface area (Å²) in [4.78, 5) is 24.9. The summed E-state index contributed by atoms with van der Waals surface area (Å²) in [5.74, 6) is 2.26. The Balaban J connectivity index is 1.23. The number of nitrogens with one attached hydrogen (secondary N) is 1. The summed E-state index contributed by atoms with van der Waals surface area (Å²) in [7, 11) is 0. The minimum atomic E-state index is -0.496. The number of hydrogen-bond acceptors (Lipinski definition) is 7. The van der Waals surface area contributed by atoms with Crippen molar-refractivity contribution < 1.29 is 19.7 Å². The van der Waals surface area contributed by atoms with E-state index in [-0.39, 0.29) is 24.7 Å². The van der Waals surface area contributed by atoms with E-state index in [1.54, 1.807) is 6.20 Å². The molecule has 1 amide bonds. The summed E-state index contributed by atoms with van der Waals surface area (Å²) >= 11 is 0. The third-order valence-electron chi connectivity index (χ3n) is 8.71. The second kappa shape index (κ2) is 7.92. The van der Waals surface area contributed by atoms with Gasteiger partial charge in [-0.3, -0.25) is 4.79 Å². The summed E-state index contributed by atoms with van der Waals surface area (Å²) < 4.78 is 5.56. The van der Waals surface area contributed by atoms with Gasteiger partial charge in [-0.2, -0.15) is 0 Å². The lowest BCUT2D eigenvalue weighted by molar-refractivity contribution is -0.136. The second-order valence-electron chi connectivity index (χ2n) is 10.9. The van der Waals surface area contributed by atoms with Crippen molar-refractivity contribution in [3.05, 3.63) is 17.5 Å². The van der Waals surface area contributed by atoms with Crippen molar-refractivity contribution in [1.82, 2.24) is 15.3 Å². The van der Waals surface area contributed by atoms with Crippen molar-refractivity contribution >= 4 is 11.9 Å². The number of aromatic nitrogens is 2. The molecule has 174 valence electrons. The van der Waals surface area contributed by atoms with E-state index in [9.17, 15) is 15.0 Å². The Hall–Kier alpha value is -1.77. The maximum atomic E-state index is 13.4. The Bertz CT molecular complexity index is 875. The first-order valence-electron chi connectivity index (χ1n) is 12.4. The van der Waals surface area contributed by atoms with Crippen LogP contribution in [0.4, 0.5) is 5.95 Å². The molecule has 3 N–H and O–H groups in total. The SMILES string of the molecule is O=C(N[C@H]1C2CC3CC1C[C@@](O)(C3)C2)c1cnc(N2CCOC(CO)C2)nc1C1CCC1. The average Bonchev–Trinajstić information content (AvgIpc) is 2.74. The van der Waals surface area contributed by atoms with E-state index in [0.29, 0.717) is 54.9 Å². The fourth-order valence-corrected chi connectivity index (χ4v) is 7.16. The first kappa shape index (κ1) is 20.8. The van der Waals surface area contributed by atoms with Crippen LogP contribution in [-0.4, -0.2) is 70.1 Å². The van der Waals surface area contributed by atoms with Crippen LogP contribution in [0.2, 0.25) is 0 Å². The topological polar surface area (TPSA) is 108 Å². The Labute approximate surface area is 188 Å². The van der Waals surface area contributed by atoms with Crippen molar-refractivity contribution in [3.63, 3.8) is 0 Å². The van der Waals surface area contributed by atoms with Gasteiger partial charge in [0.1, 0.15) is 0 Å². The van der Waals surface area contributed by atoms with Crippen LogP contribution in [-0.2, 0) is 4.74 Å². The fraction of sp³-hybridized carbons (Fsp3) is 0.792. The van der Waals surface area contributed by atoms with Gasteiger partial charge in [-0.1, -0.05) is 6.42 Å². The number of hydrogen-bond donors (Lipinski definition) is 3. The molecule has 4 bridgehead atoms. The summed E-state index contributed by atoms with van der Waals surface area (Å²) in [6.07, 6.45) is 9.59. The number of carbonyl (C=O) groups is 1. The highest BCUT2D eigenvalue weighted by Gasteiger charge is 2.55. The zero-order valence-corrected chi connectivity index (χ0v) is 18.6. The molecule has 32 heavy (non-hydrogen) atoms. The third kappa shape index (κ3) is 3.60. The molecule has 2 heterocycles. The highest BCUT2D eigenvalue weighted by Crippen LogP contribution is 2.55. The van der Waals surface area contributed by atoms with Gasteiger partial charge in [-0.25, -0.2) is 9.97 Å². The van der Waals surface area contributed by atoms with E-state index >= 15 is 0 Å².